The zero-order valence-electron chi connectivity index (χ0n) is 24.0. The minimum Gasteiger partial charge on any atom is -0.453 e. The number of carbonyl (C=O) groups is 3. The van der Waals surface area contributed by atoms with Gasteiger partial charge in [-0.3, -0.25) is 19.7 Å². The maximum absolute atomic E-state index is 14.7. The zero-order valence-corrected chi connectivity index (χ0v) is 24.8. The second kappa shape index (κ2) is 12.7. The number of ether oxygens (including phenoxy) is 1. The number of hydrogen-bond donors (Lipinski definition) is 4. The molecule has 0 saturated heterocycles. The predicted octanol–water partition coefficient (Wildman–Crippen LogP) is 5.13. The molecule has 3 amide bonds. The maximum atomic E-state index is 14.7. The van der Waals surface area contributed by atoms with Gasteiger partial charge in [0.05, 0.1) is 29.6 Å². The van der Waals surface area contributed by atoms with Gasteiger partial charge in [-0.05, 0) is 55.7 Å². The molecular weight excluding hydrogens is 593 g/mol. The van der Waals surface area contributed by atoms with E-state index in [9.17, 15) is 23.6 Å². The van der Waals surface area contributed by atoms with Crippen LogP contribution in [0.5, 0.6) is 0 Å². The van der Waals surface area contributed by atoms with Gasteiger partial charge in [0.15, 0.2) is 11.5 Å². The molecule has 1 aliphatic heterocycles. The summed E-state index contributed by atoms with van der Waals surface area (Å²) in [5.41, 5.74) is 2.09. The summed E-state index contributed by atoms with van der Waals surface area (Å²) in [6.07, 6.45) is 0.735. The first-order valence-electron chi connectivity index (χ1n) is 13.8. The van der Waals surface area contributed by atoms with Crippen molar-refractivity contribution in [3.63, 3.8) is 0 Å². The van der Waals surface area contributed by atoms with Crippen molar-refractivity contribution in [2.75, 3.05) is 17.7 Å². The normalized spacial score (nSPS) is 16.5. The van der Waals surface area contributed by atoms with Crippen molar-refractivity contribution in [3.05, 3.63) is 86.8 Å². The Morgan fingerprint density at radius 2 is 1.93 bits per heavy atom. The number of aromatic nitrogens is 4. The Balaban J connectivity index is 1.52. The Hall–Kier alpha value is -5.04. The topological polar surface area (TPSA) is 160 Å². The monoisotopic (exact) mass is 621 g/mol. The lowest BCUT2D eigenvalue weighted by molar-refractivity contribution is -0.119. The molecule has 3 heterocycles. The average Bonchev–Trinajstić information content (AvgIpc) is 3.38. The minimum atomic E-state index is -0.700. The Bertz CT molecular complexity index is 1820. The smallest absolute Gasteiger partial charge is 0.411 e. The lowest BCUT2D eigenvalue weighted by Gasteiger charge is -2.22. The number of rotatable bonds is 4. The molecule has 14 heteroatoms. The number of fused-ring (bicyclic) bond motifs is 4. The van der Waals surface area contributed by atoms with Gasteiger partial charge in [0.1, 0.15) is 5.69 Å². The van der Waals surface area contributed by atoms with Gasteiger partial charge in [-0.15, -0.1) is 5.10 Å². The fourth-order valence-corrected chi connectivity index (χ4v) is 5.19. The van der Waals surface area contributed by atoms with Crippen LogP contribution in [0.15, 0.2) is 53.3 Å². The third kappa shape index (κ3) is 6.32. The fourth-order valence-electron chi connectivity index (χ4n) is 5.03. The number of hydrogen-bond acceptors (Lipinski definition) is 7. The molecule has 0 fully saturated rings. The molecule has 1 unspecified atom stereocenters. The number of nitrogens with zero attached hydrogens (tertiary/aromatic N) is 3. The molecule has 4 N–H and O–H groups in total. The fraction of sp³-hybridized carbons (Fsp3) is 0.267. The Labute approximate surface area is 256 Å². The Kier molecular flexibility index (Phi) is 8.76. The number of halogens is 2. The van der Waals surface area contributed by atoms with E-state index in [1.165, 1.54) is 30.0 Å². The van der Waals surface area contributed by atoms with Crippen molar-refractivity contribution in [3.8, 4) is 16.8 Å². The van der Waals surface area contributed by atoms with E-state index < -0.39 is 29.4 Å². The van der Waals surface area contributed by atoms with Gasteiger partial charge < -0.3 is 20.4 Å². The summed E-state index contributed by atoms with van der Waals surface area (Å²) < 4.78 is 20.5. The number of nitrogens with one attached hydrogen (secondary N) is 4. The molecule has 2 atom stereocenters. The van der Waals surface area contributed by atoms with Crippen molar-refractivity contribution >= 4 is 40.9 Å². The highest BCUT2D eigenvalue weighted by Gasteiger charge is 2.25. The lowest BCUT2D eigenvalue weighted by atomic mass is 9.95. The quantitative estimate of drug-likeness (QED) is 0.246. The minimum absolute atomic E-state index is 0.0299. The number of pyridine rings is 1. The predicted molar refractivity (Wildman–Crippen MR) is 161 cm³/mol. The van der Waals surface area contributed by atoms with Crippen molar-refractivity contribution in [2.45, 2.75) is 39.2 Å². The number of methoxy groups -OCH3 is 1. The van der Waals surface area contributed by atoms with Gasteiger partial charge in [-0.1, -0.05) is 42.3 Å². The molecule has 0 spiro atoms. The summed E-state index contributed by atoms with van der Waals surface area (Å²) in [5, 5.41) is 16.3. The van der Waals surface area contributed by atoms with Gasteiger partial charge in [-0.25, -0.2) is 13.9 Å². The van der Waals surface area contributed by atoms with E-state index in [1.807, 2.05) is 0 Å². The van der Waals surface area contributed by atoms with Crippen LogP contribution >= 0.6 is 11.6 Å². The summed E-state index contributed by atoms with van der Waals surface area (Å²) >= 11 is 5.93. The summed E-state index contributed by atoms with van der Waals surface area (Å²) in [7, 11) is 1.24. The average molecular weight is 622 g/mol. The summed E-state index contributed by atoms with van der Waals surface area (Å²) in [4.78, 5) is 54.1. The summed E-state index contributed by atoms with van der Waals surface area (Å²) in [6.45, 7) is 3.38. The SMILES string of the molecule is COC(=O)Nc1ccc2c(c1)NC(=O)[C@@H](C)CCCC(NC(=O)c1nnn(-c3cccc(Cl)c3F)c1C)c1cc-2cc(=O)[nH]1. The molecule has 4 aromatic rings. The standard InChI is InChI=1S/C30H29ClFN7O5/c1-15-6-4-8-21(35-29(42)27-16(2)39(38-37-27)24-9-5-7-20(31)26(24)32)23-12-17(13-25(40)34-23)19-11-10-18(33-30(43)44-3)14-22(19)36-28(15)41/h5,7,9-15,21H,4,6,8H2,1-3H3,(H,33,43)(H,34,40)(H,35,42)(H,36,41)/t15-,21?/m0/s1. The number of benzene rings is 2. The van der Waals surface area contributed by atoms with Crippen LogP contribution in [0, 0.1) is 18.7 Å². The van der Waals surface area contributed by atoms with E-state index >= 15 is 0 Å². The van der Waals surface area contributed by atoms with Crippen LogP contribution < -0.4 is 21.5 Å². The first kappa shape index (κ1) is 30.4. The second-order valence-electron chi connectivity index (χ2n) is 10.4. The molecule has 5 rings (SSSR count). The van der Waals surface area contributed by atoms with Crippen molar-refractivity contribution in [1.29, 1.82) is 0 Å². The molecule has 2 aromatic heterocycles. The van der Waals surface area contributed by atoms with Crippen molar-refractivity contribution in [1.82, 2.24) is 25.3 Å². The Morgan fingerprint density at radius 1 is 1.14 bits per heavy atom. The van der Waals surface area contributed by atoms with Crippen LogP contribution in [-0.2, 0) is 9.53 Å². The van der Waals surface area contributed by atoms with Crippen LogP contribution in [-0.4, -0.2) is 45.0 Å². The zero-order chi connectivity index (χ0) is 31.5. The van der Waals surface area contributed by atoms with E-state index in [0.717, 1.165) is 0 Å². The molecule has 12 nitrogen and oxygen atoms in total. The molecule has 2 aromatic carbocycles. The highest BCUT2D eigenvalue weighted by atomic mass is 35.5. The van der Waals surface area contributed by atoms with Crippen molar-refractivity contribution < 1.29 is 23.5 Å². The highest BCUT2D eigenvalue weighted by molar-refractivity contribution is 6.30. The summed E-state index contributed by atoms with van der Waals surface area (Å²) in [6, 6.07) is 11.7. The first-order chi connectivity index (χ1) is 21.0. The molecule has 1 aliphatic rings. The van der Waals surface area contributed by atoms with E-state index in [2.05, 4.69) is 36.0 Å². The summed E-state index contributed by atoms with van der Waals surface area (Å²) in [5.74, 6) is -1.91. The number of anilines is 2. The second-order valence-corrected chi connectivity index (χ2v) is 10.8. The van der Waals surface area contributed by atoms with Crippen LogP contribution in [0.4, 0.5) is 20.6 Å². The third-order valence-corrected chi connectivity index (χ3v) is 7.70. The Morgan fingerprint density at radius 3 is 2.70 bits per heavy atom. The van der Waals surface area contributed by atoms with Gasteiger partial charge in [-0.2, -0.15) is 0 Å². The van der Waals surface area contributed by atoms with E-state index in [4.69, 9.17) is 11.6 Å². The van der Waals surface area contributed by atoms with Crippen molar-refractivity contribution in [2.24, 2.45) is 5.92 Å². The number of carbonyl (C=O) groups excluding carboxylic acids is 3. The number of H-pyrrole nitrogens is 1. The van der Waals surface area contributed by atoms with E-state index in [1.54, 1.807) is 44.2 Å². The molecule has 0 saturated carbocycles. The maximum Gasteiger partial charge on any atom is 0.411 e. The van der Waals surface area contributed by atoms with Crippen LogP contribution in [0.1, 0.15) is 54.1 Å². The van der Waals surface area contributed by atoms with Crippen LogP contribution in [0.25, 0.3) is 16.8 Å². The van der Waals surface area contributed by atoms with Gasteiger partial charge in [0.2, 0.25) is 11.5 Å². The van der Waals surface area contributed by atoms with E-state index in [0.29, 0.717) is 47.5 Å². The van der Waals surface area contributed by atoms with Gasteiger partial charge >= 0.3 is 6.09 Å². The molecule has 0 aliphatic carbocycles. The van der Waals surface area contributed by atoms with Gasteiger partial charge in [0, 0.05) is 28.9 Å². The highest BCUT2D eigenvalue weighted by Crippen LogP contribution is 2.33. The molecule has 2 bridgehead atoms. The van der Waals surface area contributed by atoms with E-state index in [-0.39, 0.29) is 33.9 Å². The van der Waals surface area contributed by atoms with Crippen LogP contribution in [0.2, 0.25) is 5.02 Å². The molecule has 0 radical (unpaired) electrons. The molecule has 228 valence electrons. The van der Waals surface area contributed by atoms with Gasteiger partial charge in [0.25, 0.3) is 5.91 Å². The number of amides is 3. The van der Waals surface area contributed by atoms with Crippen LogP contribution in [0.3, 0.4) is 0 Å². The first-order valence-corrected chi connectivity index (χ1v) is 14.2. The lowest BCUT2D eigenvalue weighted by Crippen LogP contribution is -2.31. The molecule has 44 heavy (non-hydrogen) atoms. The third-order valence-electron chi connectivity index (χ3n) is 7.41. The largest absolute Gasteiger partial charge is 0.453 e. The number of aromatic amines is 1. The molecular formula is C30H29ClFN7O5.